The summed E-state index contributed by atoms with van der Waals surface area (Å²) in [6.45, 7) is 0.531. The highest BCUT2D eigenvalue weighted by atomic mass is 16.5. The lowest BCUT2D eigenvalue weighted by atomic mass is 9.78. The maximum absolute atomic E-state index is 11.6. The molecule has 0 aliphatic heterocycles. The average Bonchev–Trinajstić information content (AvgIpc) is 2.80. The molecule has 92 valence electrons. The quantitative estimate of drug-likeness (QED) is 0.871. The van der Waals surface area contributed by atoms with Gasteiger partial charge in [0.05, 0.1) is 12.0 Å². The Balaban J connectivity index is 2.36. The summed E-state index contributed by atoms with van der Waals surface area (Å²) < 4.78 is 5.09. The third-order valence-electron chi connectivity index (χ3n) is 3.66. The topological polar surface area (TPSA) is 46.5 Å². The Morgan fingerprint density at radius 2 is 2.12 bits per heavy atom. The normalized spacial score (nSPS) is 18.2. The molecule has 1 aliphatic carbocycles. The molecule has 0 unspecified atom stereocenters. The summed E-state index contributed by atoms with van der Waals surface area (Å²) in [7, 11) is 1.65. The van der Waals surface area contributed by atoms with Crippen LogP contribution in [0.25, 0.3) is 0 Å². The maximum Gasteiger partial charge on any atom is 0.314 e. The fourth-order valence-electron chi connectivity index (χ4n) is 2.73. The first-order valence-electron chi connectivity index (χ1n) is 6.01. The summed E-state index contributed by atoms with van der Waals surface area (Å²) >= 11 is 0. The molecule has 3 nitrogen and oxygen atoms in total. The monoisotopic (exact) mass is 234 g/mol. The molecule has 0 spiro atoms. The number of hydrogen-bond acceptors (Lipinski definition) is 2. The lowest BCUT2D eigenvalue weighted by Crippen LogP contribution is -2.32. The highest BCUT2D eigenvalue weighted by Crippen LogP contribution is 2.41. The summed E-state index contributed by atoms with van der Waals surface area (Å²) in [5.41, 5.74) is 1.30. The summed E-state index contributed by atoms with van der Waals surface area (Å²) in [5.74, 6) is -0.690. The average molecular weight is 234 g/mol. The number of rotatable bonds is 4. The lowest BCUT2D eigenvalue weighted by molar-refractivity contribution is -0.143. The predicted octanol–water partition coefficient (Wildman–Crippen LogP) is 2.73. The third kappa shape index (κ3) is 2.20. The van der Waals surface area contributed by atoms with Crippen LogP contribution in [0.3, 0.4) is 0 Å². The lowest BCUT2D eigenvalue weighted by Gasteiger charge is -2.24. The second-order valence-electron chi connectivity index (χ2n) is 4.73. The molecule has 17 heavy (non-hydrogen) atoms. The second kappa shape index (κ2) is 4.88. The van der Waals surface area contributed by atoms with Crippen LogP contribution in [-0.2, 0) is 21.6 Å². The Bertz CT molecular complexity index is 406. The van der Waals surface area contributed by atoms with E-state index in [-0.39, 0.29) is 0 Å². The number of methoxy groups -OCH3 is 1. The van der Waals surface area contributed by atoms with Crippen molar-refractivity contribution in [2.45, 2.75) is 37.7 Å². The molecular weight excluding hydrogens is 216 g/mol. The number of aliphatic carboxylic acids is 1. The summed E-state index contributed by atoms with van der Waals surface area (Å²) in [4.78, 5) is 11.6. The first kappa shape index (κ1) is 12.1. The molecular formula is C14H18O3. The largest absolute Gasteiger partial charge is 0.481 e. The van der Waals surface area contributed by atoms with Crippen molar-refractivity contribution in [3.05, 3.63) is 35.4 Å². The van der Waals surface area contributed by atoms with Crippen molar-refractivity contribution in [3.63, 3.8) is 0 Å². The minimum Gasteiger partial charge on any atom is -0.481 e. The van der Waals surface area contributed by atoms with Crippen LogP contribution in [0.5, 0.6) is 0 Å². The van der Waals surface area contributed by atoms with Crippen molar-refractivity contribution in [1.82, 2.24) is 0 Å². The van der Waals surface area contributed by atoms with Crippen molar-refractivity contribution >= 4 is 5.97 Å². The highest BCUT2D eigenvalue weighted by molar-refractivity contribution is 5.81. The summed E-state index contributed by atoms with van der Waals surface area (Å²) in [6.07, 6.45) is 3.50. The second-order valence-corrected chi connectivity index (χ2v) is 4.73. The molecule has 3 heteroatoms. The van der Waals surface area contributed by atoms with E-state index in [1.54, 1.807) is 7.11 Å². The first-order chi connectivity index (χ1) is 8.19. The minimum absolute atomic E-state index is 0.531. The molecule has 0 atom stereocenters. The van der Waals surface area contributed by atoms with Crippen LogP contribution in [0.2, 0.25) is 0 Å². The smallest absolute Gasteiger partial charge is 0.314 e. The van der Waals surface area contributed by atoms with E-state index >= 15 is 0 Å². The van der Waals surface area contributed by atoms with Crippen LogP contribution < -0.4 is 0 Å². The maximum atomic E-state index is 11.6. The zero-order valence-electron chi connectivity index (χ0n) is 10.1. The van der Waals surface area contributed by atoms with Gasteiger partial charge < -0.3 is 9.84 Å². The number of benzene rings is 1. The molecule has 1 aromatic carbocycles. The molecule has 0 heterocycles. The molecule has 1 fully saturated rings. The standard InChI is InChI=1S/C14H18O3/c1-17-10-11-5-4-6-12(9-11)14(13(15)16)7-2-3-8-14/h4-6,9H,2-3,7-8,10H2,1H3,(H,15,16). The van der Waals surface area contributed by atoms with Gasteiger partial charge in [-0.1, -0.05) is 37.1 Å². The van der Waals surface area contributed by atoms with Gasteiger partial charge in [0.15, 0.2) is 0 Å². The van der Waals surface area contributed by atoms with Gasteiger partial charge in [0.2, 0.25) is 0 Å². The van der Waals surface area contributed by atoms with E-state index in [0.717, 1.165) is 36.8 Å². The van der Waals surface area contributed by atoms with E-state index in [0.29, 0.717) is 6.61 Å². The van der Waals surface area contributed by atoms with E-state index in [2.05, 4.69) is 0 Å². The fourth-order valence-corrected chi connectivity index (χ4v) is 2.73. The van der Waals surface area contributed by atoms with Gasteiger partial charge in [-0.25, -0.2) is 0 Å². The van der Waals surface area contributed by atoms with Gasteiger partial charge in [0.1, 0.15) is 0 Å². The predicted molar refractivity (Wildman–Crippen MR) is 64.9 cm³/mol. The molecule has 2 rings (SSSR count). The Morgan fingerprint density at radius 3 is 2.71 bits per heavy atom. The molecule has 0 radical (unpaired) electrons. The number of carbonyl (C=O) groups is 1. The number of ether oxygens (including phenoxy) is 1. The zero-order valence-corrected chi connectivity index (χ0v) is 10.1. The van der Waals surface area contributed by atoms with Crippen LogP contribution in [-0.4, -0.2) is 18.2 Å². The summed E-state index contributed by atoms with van der Waals surface area (Å²) in [6, 6.07) is 7.80. The van der Waals surface area contributed by atoms with E-state index < -0.39 is 11.4 Å². The van der Waals surface area contributed by atoms with E-state index in [9.17, 15) is 9.90 Å². The van der Waals surface area contributed by atoms with Crippen molar-refractivity contribution < 1.29 is 14.6 Å². The molecule has 1 N–H and O–H groups in total. The van der Waals surface area contributed by atoms with Gasteiger partial charge in [-0.15, -0.1) is 0 Å². The van der Waals surface area contributed by atoms with Crippen molar-refractivity contribution in [2.75, 3.05) is 7.11 Å². The fraction of sp³-hybridized carbons (Fsp3) is 0.500. The van der Waals surface area contributed by atoms with Crippen molar-refractivity contribution in [3.8, 4) is 0 Å². The Hall–Kier alpha value is -1.35. The van der Waals surface area contributed by atoms with Crippen LogP contribution in [0.1, 0.15) is 36.8 Å². The van der Waals surface area contributed by atoms with Crippen LogP contribution in [0.4, 0.5) is 0 Å². The molecule has 1 aliphatic rings. The van der Waals surface area contributed by atoms with Gasteiger partial charge in [-0.3, -0.25) is 4.79 Å². The molecule has 1 aromatic rings. The molecule has 0 saturated heterocycles. The van der Waals surface area contributed by atoms with Crippen LogP contribution in [0, 0.1) is 0 Å². The third-order valence-corrected chi connectivity index (χ3v) is 3.66. The minimum atomic E-state index is -0.690. The van der Waals surface area contributed by atoms with Crippen molar-refractivity contribution in [1.29, 1.82) is 0 Å². The van der Waals surface area contributed by atoms with Crippen LogP contribution in [0.15, 0.2) is 24.3 Å². The Kier molecular flexibility index (Phi) is 3.48. The first-order valence-corrected chi connectivity index (χ1v) is 6.01. The van der Waals surface area contributed by atoms with Gasteiger partial charge in [-0.05, 0) is 24.0 Å². The molecule has 1 saturated carbocycles. The highest BCUT2D eigenvalue weighted by Gasteiger charge is 2.42. The van der Waals surface area contributed by atoms with Gasteiger partial charge in [0.25, 0.3) is 0 Å². The van der Waals surface area contributed by atoms with E-state index in [1.165, 1.54) is 0 Å². The van der Waals surface area contributed by atoms with Gasteiger partial charge in [0, 0.05) is 7.11 Å². The van der Waals surface area contributed by atoms with E-state index in [4.69, 9.17) is 4.74 Å². The number of carboxylic acids is 1. The number of carboxylic acid groups (broad SMARTS) is 1. The molecule has 0 amide bonds. The Morgan fingerprint density at radius 1 is 1.41 bits per heavy atom. The summed E-state index contributed by atoms with van der Waals surface area (Å²) in [5, 5.41) is 9.51. The van der Waals surface area contributed by atoms with Crippen molar-refractivity contribution in [2.24, 2.45) is 0 Å². The number of hydrogen-bond donors (Lipinski definition) is 1. The van der Waals surface area contributed by atoms with Gasteiger partial charge in [-0.2, -0.15) is 0 Å². The Labute approximate surface area is 101 Å². The van der Waals surface area contributed by atoms with E-state index in [1.807, 2.05) is 24.3 Å². The SMILES string of the molecule is COCc1cccc(C2(C(=O)O)CCCC2)c1. The molecule has 0 aromatic heterocycles. The van der Waals surface area contributed by atoms with Crippen LogP contribution >= 0.6 is 0 Å². The van der Waals surface area contributed by atoms with Gasteiger partial charge >= 0.3 is 5.97 Å². The molecule has 0 bridgehead atoms. The zero-order chi connectivity index (χ0) is 12.3.